The van der Waals surface area contributed by atoms with Crippen molar-refractivity contribution in [1.29, 1.82) is 0 Å². The molecule has 0 bridgehead atoms. The third kappa shape index (κ3) is 3.26. The molecule has 1 aromatic heterocycles. The van der Waals surface area contributed by atoms with Crippen molar-refractivity contribution < 1.29 is 18.6 Å². The summed E-state index contributed by atoms with van der Waals surface area (Å²) in [6.07, 6.45) is 1.31. The highest BCUT2D eigenvalue weighted by Gasteiger charge is 2.09. The minimum atomic E-state index is -0.780. The Morgan fingerprint density at radius 2 is 2.05 bits per heavy atom. The lowest BCUT2D eigenvalue weighted by molar-refractivity contribution is 0.169. The Labute approximate surface area is 109 Å². The van der Waals surface area contributed by atoms with Crippen molar-refractivity contribution in [3.05, 3.63) is 53.9 Å². The Balaban J connectivity index is 2.15. The largest absolute Gasteiger partial charge is 0.453 e. The van der Waals surface area contributed by atoms with Crippen LogP contribution in [0.2, 0.25) is 0 Å². The van der Waals surface area contributed by atoms with Gasteiger partial charge >= 0.3 is 0 Å². The maximum atomic E-state index is 13.4. The SMILES string of the molecule is CC[C@@H](O)c1ccc(Oc2ccc(F)cc2F)cn1. The van der Waals surface area contributed by atoms with Gasteiger partial charge in [-0.25, -0.2) is 8.78 Å². The fourth-order valence-corrected chi connectivity index (χ4v) is 1.54. The van der Waals surface area contributed by atoms with E-state index in [2.05, 4.69) is 4.98 Å². The summed E-state index contributed by atoms with van der Waals surface area (Å²) in [6, 6.07) is 6.24. The molecular weight excluding hydrogens is 252 g/mol. The predicted molar refractivity (Wildman–Crippen MR) is 65.9 cm³/mol. The highest BCUT2D eigenvalue weighted by atomic mass is 19.1. The Morgan fingerprint density at radius 3 is 2.63 bits per heavy atom. The highest BCUT2D eigenvalue weighted by molar-refractivity contribution is 5.31. The van der Waals surface area contributed by atoms with Crippen molar-refractivity contribution >= 4 is 0 Å². The van der Waals surface area contributed by atoms with E-state index in [1.54, 1.807) is 12.1 Å². The number of ether oxygens (including phenoxy) is 1. The molecule has 0 saturated carbocycles. The summed E-state index contributed by atoms with van der Waals surface area (Å²) < 4.78 is 31.4. The van der Waals surface area contributed by atoms with E-state index in [0.29, 0.717) is 17.9 Å². The zero-order chi connectivity index (χ0) is 13.8. The number of hydrogen-bond donors (Lipinski definition) is 1. The Morgan fingerprint density at radius 1 is 1.26 bits per heavy atom. The van der Waals surface area contributed by atoms with Gasteiger partial charge in [0.25, 0.3) is 0 Å². The second-order valence-corrected chi connectivity index (χ2v) is 4.02. The maximum Gasteiger partial charge on any atom is 0.168 e. The number of aliphatic hydroxyl groups excluding tert-OH is 1. The van der Waals surface area contributed by atoms with E-state index in [1.807, 2.05) is 6.92 Å². The molecule has 1 N–H and O–H groups in total. The molecule has 0 radical (unpaired) electrons. The van der Waals surface area contributed by atoms with Crippen molar-refractivity contribution in [3.63, 3.8) is 0 Å². The van der Waals surface area contributed by atoms with E-state index >= 15 is 0 Å². The van der Waals surface area contributed by atoms with Gasteiger partial charge in [0.1, 0.15) is 11.6 Å². The maximum absolute atomic E-state index is 13.4. The molecule has 100 valence electrons. The van der Waals surface area contributed by atoms with E-state index < -0.39 is 17.7 Å². The second kappa shape index (κ2) is 5.75. The van der Waals surface area contributed by atoms with Crippen LogP contribution >= 0.6 is 0 Å². The van der Waals surface area contributed by atoms with Gasteiger partial charge in [-0.2, -0.15) is 0 Å². The van der Waals surface area contributed by atoms with Crippen LogP contribution in [-0.4, -0.2) is 10.1 Å². The number of aromatic nitrogens is 1. The van der Waals surface area contributed by atoms with E-state index in [9.17, 15) is 13.9 Å². The molecular formula is C14H13F2NO2. The minimum absolute atomic E-state index is 0.0769. The Hall–Kier alpha value is -2.01. The first-order valence-electron chi connectivity index (χ1n) is 5.87. The van der Waals surface area contributed by atoms with Gasteiger partial charge in [0, 0.05) is 6.07 Å². The van der Waals surface area contributed by atoms with Gasteiger partial charge in [-0.3, -0.25) is 4.98 Å². The molecule has 19 heavy (non-hydrogen) atoms. The molecule has 0 fully saturated rings. The van der Waals surface area contributed by atoms with Crippen LogP contribution in [0.4, 0.5) is 8.78 Å². The number of hydrogen-bond acceptors (Lipinski definition) is 3. The van der Waals surface area contributed by atoms with Crippen molar-refractivity contribution in [2.24, 2.45) is 0 Å². The number of halogens is 2. The molecule has 1 heterocycles. The first kappa shape index (κ1) is 13.4. The Bertz CT molecular complexity index is 558. The normalized spacial score (nSPS) is 12.2. The lowest BCUT2D eigenvalue weighted by Gasteiger charge is -2.09. The zero-order valence-corrected chi connectivity index (χ0v) is 10.3. The lowest BCUT2D eigenvalue weighted by Crippen LogP contribution is -1.98. The monoisotopic (exact) mass is 265 g/mol. The van der Waals surface area contributed by atoms with Gasteiger partial charge in [-0.15, -0.1) is 0 Å². The van der Waals surface area contributed by atoms with Crippen LogP contribution in [0.3, 0.4) is 0 Å². The van der Waals surface area contributed by atoms with E-state index in [-0.39, 0.29) is 5.75 Å². The smallest absolute Gasteiger partial charge is 0.168 e. The summed E-state index contributed by atoms with van der Waals surface area (Å²) in [4.78, 5) is 4.02. The van der Waals surface area contributed by atoms with Crippen LogP contribution in [0.15, 0.2) is 36.5 Å². The first-order chi connectivity index (χ1) is 9.10. The molecule has 1 aromatic carbocycles. The molecule has 0 aliphatic rings. The van der Waals surface area contributed by atoms with Crippen molar-refractivity contribution in [3.8, 4) is 11.5 Å². The number of pyridine rings is 1. The molecule has 2 aromatic rings. The summed E-state index contributed by atoms with van der Waals surface area (Å²) in [5.41, 5.74) is 0.523. The summed E-state index contributed by atoms with van der Waals surface area (Å²) >= 11 is 0. The quantitative estimate of drug-likeness (QED) is 0.918. The summed E-state index contributed by atoms with van der Waals surface area (Å²) in [6.45, 7) is 1.84. The minimum Gasteiger partial charge on any atom is -0.453 e. The van der Waals surface area contributed by atoms with Crippen molar-refractivity contribution in [2.45, 2.75) is 19.4 Å². The molecule has 0 aliphatic carbocycles. The van der Waals surface area contributed by atoms with E-state index in [0.717, 1.165) is 12.1 Å². The van der Waals surface area contributed by atoms with Gasteiger partial charge in [0.05, 0.1) is 18.0 Å². The first-order valence-corrected chi connectivity index (χ1v) is 5.87. The molecule has 0 spiro atoms. The van der Waals surface area contributed by atoms with Gasteiger partial charge in [-0.1, -0.05) is 6.92 Å². The van der Waals surface area contributed by atoms with E-state index in [1.165, 1.54) is 12.3 Å². The van der Waals surface area contributed by atoms with Crippen molar-refractivity contribution in [2.75, 3.05) is 0 Å². The number of rotatable bonds is 4. The number of aliphatic hydroxyl groups is 1. The highest BCUT2D eigenvalue weighted by Crippen LogP contribution is 2.25. The number of benzene rings is 1. The second-order valence-electron chi connectivity index (χ2n) is 4.02. The third-order valence-electron chi connectivity index (χ3n) is 2.61. The van der Waals surface area contributed by atoms with Crippen LogP contribution in [0.5, 0.6) is 11.5 Å². The fraction of sp³-hybridized carbons (Fsp3) is 0.214. The predicted octanol–water partition coefficient (Wildman–Crippen LogP) is 3.60. The molecule has 0 saturated heterocycles. The van der Waals surface area contributed by atoms with Crippen LogP contribution in [-0.2, 0) is 0 Å². The van der Waals surface area contributed by atoms with Crippen molar-refractivity contribution in [1.82, 2.24) is 4.98 Å². The van der Waals surface area contributed by atoms with Gasteiger partial charge in [-0.05, 0) is 30.7 Å². The average molecular weight is 265 g/mol. The van der Waals surface area contributed by atoms with Gasteiger partial charge in [0.2, 0.25) is 0 Å². The average Bonchev–Trinajstić information content (AvgIpc) is 2.42. The van der Waals surface area contributed by atoms with Gasteiger partial charge < -0.3 is 9.84 Å². The lowest BCUT2D eigenvalue weighted by atomic mass is 10.2. The van der Waals surface area contributed by atoms with Crippen LogP contribution in [0.25, 0.3) is 0 Å². The molecule has 0 amide bonds. The standard InChI is InChI=1S/C14H13F2NO2/c1-2-13(18)12-5-4-10(8-17-12)19-14-6-3-9(15)7-11(14)16/h3-8,13,18H,2H2,1H3/t13-/m1/s1. The molecule has 0 unspecified atom stereocenters. The topological polar surface area (TPSA) is 42.4 Å². The molecule has 0 aliphatic heterocycles. The summed E-state index contributed by atoms with van der Waals surface area (Å²) in [5.74, 6) is -1.20. The molecule has 2 rings (SSSR count). The summed E-state index contributed by atoms with van der Waals surface area (Å²) in [5, 5.41) is 9.58. The van der Waals surface area contributed by atoms with Crippen LogP contribution in [0.1, 0.15) is 25.1 Å². The van der Waals surface area contributed by atoms with E-state index in [4.69, 9.17) is 4.74 Å². The van der Waals surface area contributed by atoms with Gasteiger partial charge in [0.15, 0.2) is 11.6 Å². The molecule has 1 atom stereocenters. The Kier molecular flexibility index (Phi) is 4.06. The molecule has 5 heteroatoms. The van der Waals surface area contributed by atoms with Crippen LogP contribution < -0.4 is 4.74 Å². The van der Waals surface area contributed by atoms with Crippen LogP contribution in [0, 0.1) is 11.6 Å². The number of nitrogens with zero attached hydrogens (tertiary/aromatic N) is 1. The summed E-state index contributed by atoms with van der Waals surface area (Å²) in [7, 11) is 0. The fourth-order valence-electron chi connectivity index (χ4n) is 1.54. The molecule has 3 nitrogen and oxygen atoms in total. The zero-order valence-electron chi connectivity index (χ0n) is 10.3. The third-order valence-corrected chi connectivity index (χ3v) is 2.61.